The van der Waals surface area contributed by atoms with E-state index in [1.165, 1.54) is 21.5 Å². The first-order chi connectivity index (χ1) is 10.2. The quantitative estimate of drug-likeness (QED) is 0.303. The zero-order chi connectivity index (χ0) is 14.4. The Morgan fingerprint density at radius 3 is 1.90 bits per heavy atom. The average molecular weight is 271 g/mol. The van der Waals surface area contributed by atoms with Crippen molar-refractivity contribution >= 4 is 32.3 Å². The molecule has 4 aromatic rings. The van der Waals surface area contributed by atoms with E-state index in [1.54, 1.807) is 0 Å². The van der Waals surface area contributed by atoms with Crippen molar-refractivity contribution in [3.8, 4) is 11.8 Å². The molecule has 1 unspecified atom stereocenters. The van der Waals surface area contributed by atoms with Crippen LogP contribution in [0.15, 0.2) is 54.6 Å². The van der Waals surface area contributed by atoms with Gasteiger partial charge in [0.25, 0.3) is 0 Å². The van der Waals surface area contributed by atoms with Crippen LogP contribution in [0.25, 0.3) is 32.3 Å². The molecule has 0 aliphatic heterocycles. The first-order valence-corrected chi connectivity index (χ1v) is 6.75. The minimum atomic E-state index is -1.85. The van der Waals surface area contributed by atoms with Gasteiger partial charge in [0.2, 0.25) is 0 Å². The SMILES string of the molecule is [O-]C(O)C#Cc1cc2ccc3cccc4ccc(c1)c2c34. The normalized spacial score (nSPS) is 12.7. The van der Waals surface area contributed by atoms with E-state index >= 15 is 0 Å². The summed E-state index contributed by atoms with van der Waals surface area (Å²) in [5.41, 5.74) is 0.746. The summed E-state index contributed by atoms with van der Waals surface area (Å²) in [4.78, 5) is 0. The fourth-order valence-corrected chi connectivity index (χ4v) is 2.97. The minimum Gasteiger partial charge on any atom is -0.821 e. The van der Waals surface area contributed by atoms with Crippen LogP contribution in [0.2, 0.25) is 0 Å². The Morgan fingerprint density at radius 2 is 1.33 bits per heavy atom. The van der Waals surface area contributed by atoms with Crippen LogP contribution in [-0.2, 0) is 0 Å². The van der Waals surface area contributed by atoms with Crippen molar-refractivity contribution < 1.29 is 10.2 Å². The molecule has 0 aromatic heterocycles. The Hall–Kier alpha value is -2.60. The van der Waals surface area contributed by atoms with Crippen LogP contribution in [-0.4, -0.2) is 11.4 Å². The summed E-state index contributed by atoms with van der Waals surface area (Å²) in [7, 11) is 0. The van der Waals surface area contributed by atoms with Gasteiger partial charge in [0, 0.05) is 11.9 Å². The summed E-state index contributed by atoms with van der Waals surface area (Å²) in [5.74, 6) is 4.99. The fourth-order valence-electron chi connectivity index (χ4n) is 2.97. The highest BCUT2D eigenvalue weighted by Gasteiger charge is 2.08. The summed E-state index contributed by atoms with van der Waals surface area (Å²) < 4.78 is 0. The second-order valence-electron chi connectivity index (χ2n) is 5.13. The van der Waals surface area contributed by atoms with E-state index in [9.17, 15) is 5.11 Å². The predicted molar refractivity (Wildman–Crippen MR) is 83.0 cm³/mol. The molecule has 0 heterocycles. The molecule has 1 N–H and O–H groups in total. The molecule has 100 valence electrons. The molecule has 0 fully saturated rings. The molecule has 0 saturated carbocycles. The van der Waals surface area contributed by atoms with Gasteiger partial charge in [-0.15, -0.1) is 0 Å². The van der Waals surface area contributed by atoms with Gasteiger partial charge in [-0.05, 0) is 44.5 Å². The summed E-state index contributed by atoms with van der Waals surface area (Å²) in [6.45, 7) is 0. The molecule has 0 amide bonds. The molecule has 4 aromatic carbocycles. The van der Waals surface area contributed by atoms with Gasteiger partial charge in [-0.2, -0.15) is 0 Å². The molecule has 0 aliphatic rings. The smallest absolute Gasteiger partial charge is 0.0427 e. The average Bonchev–Trinajstić information content (AvgIpc) is 2.50. The lowest BCUT2D eigenvalue weighted by atomic mass is 9.93. The Labute approximate surface area is 121 Å². The minimum absolute atomic E-state index is 0.746. The van der Waals surface area contributed by atoms with Crippen molar-refractivity contribution in [2.75, 3.05) is 0 Å². The van der Waals surface area contributed by atoms with Gasteiger partial charge < -0.3 is 10.2 Å². The number of benzene rings is 4. The molecule has 2 nitrogen and oxygen atoms in total. The van der Waals surface area contributed by atoms with Gasteiger partial charge in [0.1, 0.15) is 0 Å². The van der Waals surface area contributed by atoms with Gasteiger partial charge in [0.05, 0.1) is 0 Å². The third kappa shape index (κ3) is 1.92. The molecule has 4 rings (SSSR count). The molecule has 0 radical (unpaired) electrons. The molecular weight excluding hydrogens is 260 g/mol. The van der Waals surface area contributed by atoms with Gasteiger partial charge in [-0.1, -0.05) is 54.3 Å². The molecule has 0 bridgehead atoms. The van der Waals surface area contributed by atoms with E-state index in [2.05, 4.69) is 54.3 Å². The van der Waals surface area contributed by atoms with E-state index in [-0.39, 0.29) is 0 Å². The van der Waals surface area contributed by atoms with Gasteiger partial charge in [0.15, 0.2) is 0 Å². The van der Waals surface area contributed by atoms with E-state index in [0.29, 0.717) is 0 Å². The van der Waals surface area contributed by atoms with Crippen molar-refractivity contribution in [3.63, 3.8) is 0 Å². The predicted octanol–water partition coefficient (Wildman–Crippen LogP) is 2.61. The Bertz CT molecular complexity index is 956. The first kappa shape index (κ1) is 12.2. The van der Waals surface area contributed by atoms with Crippen LogP contribution in [0.5, 0.6) is 0 Å². The highest BCUT2D eigenvalue weighted by molar-refractivity contribution is 6.23. The van der Waals surface area contributed by atoms with E-state index in [1.807, 2.05) is 12.1 Å². The van der Waals surface area contributed by atoms with Crippen molar-refractivity contribution in [1.29, 1.82) is 0 Å². The second kappa shape index (κ2) is 4.46. The maximum absolute atomic E-state index is 10.7. The van der Waals surface area contributed by atoms with Crippen LogP contribution < -0.4 is 5.11 Å². The number of rotatable bonds is 0. The number of hydrogen-bond acceptors (Lipinski definition) is 2. The Kier molecular flexibility index (Phi) is 2.58. The second-order valence-corrected chi connectivity index (χ2v) is 5.13. The lowest BCUT2D eigenvalue weighted by Gasteiger charge is -2.11. The molecule has 0 saturated heterocycles. The largest absolute Gasteiger partial charge is 0.821 e. The summed E-state index contributed by atoms with van der Waals surface area (Å²) in [6, 6.07) is 18.6. The molecule has 1 atom stereocenters. The van der Waals surface area contributed by atoms with Gasteiger partial charge in [-0.3, -0.25) is 0 Å². The maximum Gasteiger partial charge on any atom is 0.0427 e. The molecule has 21 heavy (non-hydrogen) atoms. The van der Waals surface area contributed by atoms with Crippen molar-refractivity contribution in [2.45, 2.75) is 6.29 Å². The van der Waals surface area contributed by atoms with Crippen LogP contribution in [0, 0.1) is 11.8 Å². The topological polar surface area (TPSA) is 43.3 Å². The van der Waals surface area contributed by atoms with Crippen LogP contribution in [0.3, 0.4) is 0 Å². The number of aliphatic hydroxyl groups excluding tert-OH is 1. The number of aliphatic hydroxyl groups is 1. The van der Waals surface area contributed by atoms with Crippen molar-refractivity contribution in [3.05, 3.63) is 60.2 Å². The lowest BCUT2D eigenvalue weighted by molar-refractivity contribution is -0.459. The molecular formula is C19H11O2-. The Morgan fingerprint density at radius 1 is 0.810 bits per heavy atom. The summed E-state index contributed by atoms with van der Waals surface area (Å²) in [5, 5.41) is 26.6. The monoisotopic (exact) mass is 271 g/mol. The Balaban J connectivity index is 2.11. The first-order valence-electron chi connectivity index (χ1n) is 6.75. The van der Waals surface area contributed by atoms with Crippen LogP contribution in [0.1, 0.15) is 5.56 Å². The maximum atomic E-state index is 10.7. The summed E-state index contributed by atoms with van der Waals surface area (Å²) >= 11 is 0. The zero-order valence-corrected chi connectivity index (χ0v) is 11.1. The third-order valence-electron chi connectivity index (χ3n) is 3.80. The van der Waals surface area contributed by atoms with Gasteiger partial charge >= 0.3 is 0 Å². The third-order valence-corrected chi connectivity index (χ3v) is 3.80. The summed E-state index contributed by atoms with van der Waals surface area (Å²) in [6.07, 6.45) is -1.85. The lowest BCUT2D eigenvalue weighted by Crippen LogP contribution is -2.21. The van der Waals surface area contributed by atoms with Crippen molar-refractivity contribution in [1.82, 2.24) is 0 Å². The zero-order valence-electron chi connectivity index (χ0n) is 11.1. The highest BCUT2D eigenvalue weighted by atomic mass is 16.5. The van der Waals surface area contributed by atoms with Crippen LogP contribution >= 0.6 is 0 Å². The van der Waals surface area contributed by atoms with Crippen LogP contribution in [0.4, 0.5) is 0 Å². The molecule has 0 spiro atoms. The standard InChI is InChI=1S/C19H11O2/c20-17(21)9-4-12-10-15-7-5-13-2-1-3-14-6-8-16(11-12)19(15)18(13)14/h1-3,5-8,10-11,17,20H/q-1. The fraction of sp³-hybridized carbons (Fsp3) is 0.0526. The number of hydrogen-bond donors (Lipinski definition) is 1. The molecule has 0 aliphatic carbocycles. The van der Waals surface area contributed by atoms with E-state index in [4.69, 9.17) is 5.11 Å². The van der Waals surface area contributed by atoms with E-state index < -0.39 is 6.29 Å². The highest BCUT2D eigenvalue weighted by Crippen LogP contribution is 2.34. The van der Waals surface area contributed by atoms with Gasteiger partial charge in [-0.25, -0.2) is 0 Å². The molecule has 2 heteroatoms. The van der Waals surface area contributed by atoms with E-state index in [0.717, 1.165) is 16.3 Å². The van der Waals surface area contributed by atoms with Crippen molar-refractivity contribution in [2.24, 2.45) is 0 Å².